The van der Waals surface area contributed by atoms with Crippen molar-refractivity contribution in [2.45, 2.75) is 37.8 Å². The third-order valence-corrected chi connectivity index (χ3v) is 5.13. The first-order chi connectivity index (χ1) is 11.7. The molecule has 2 saturated heterocycles. The molecule has 0 amide bonds. The van der Waals surface area contributed by atoms with Crippen molar-refractivity contribution < 1.29 is 8.91 Å². The Balaban J connectivity index is 1.51. The van der Waals surface area contributed by atoms with E-state index in [-0.39, 0.29) is 11.9 Å². The molecule has 2 aliphatic heterocycles. The summed E-state index contributed by atoms with van der Waals surface area (Å²) >= 11 is 0. The summed E-state index contributed by atoms with van der Waals surface area (Å²) in [6.45, 7) is 3.37. The van der Waals surface area contributed by atoms with Crippen LogP contribution in [0.15, 0.2) is 22.9 Å². The van der Waals surface area contributed by atoms with Gasteiger partial charge < -0.3 is 9.42 Å². The molecule has 24 heavy (non-hydrogen) atoms. The van der Waals surface area contributed by atoms with E-state index in [0.29, 0.717) is 23.5 Å². The van der Waals surface area contributed by atoms with Crippen LogP contribution in [0.1, 0.15) is 37.6 Å². The van der Waals surface area contributed by atoms with Crippen LogP contribution in [0.2, 0.25) is 0 Å². The fourth-order valence-electron chi connectivity index (χ4n) is 3.80. The van der Waals surface area contributed by atoms with Crippen molar-refractivity contribution in [3.8, 4) is 11.5 Å². The van der Waals surface area contributed by atoms with Crippen LogP contribution in [0.25, 0.3) is 11.5 Å². The molecule has 0 saturated carbocycles. The standard InChI is InChI=1S/C17H22FN5O/c1-22-9-6-13(7-10-22)23-8-2-3-15(23)17-20-16(21-24-17)14-5-4-12(18)11-19-14/h4-5,11,13,15H,2-3,6-10H2,1H3/t15-/m0/s1. The smallest absolute Gasteiger partial charge is 0.244 e. The van der Waals surface area contributed by atoms with Crippen molar-refractivity contribution >= 4 is 0 Å². The highest BCUT2D eigenvalue weighted by Crippen LogP contribution is 2.35. The zero-order valence-corrected chi connectivity index (χ0v) is 13.9. The molecule has 2 fully saturated rings. The lowest BCUT2D eigenvalue weighted by Gasteiger charge is -2.37. The van der Waals surface area contributed by atoms with E-state index in [1.165, 1.54) is 25.1 Å². The van der Waals surface area contributed by atoms with Crippen molar-refractivity contribution in [3.63, 3.8) is 0 Å². The minimum absolute atomic E-state index is 0.195. The molecule has 1 atom stereocenters. The molecule has 2 aromatic rings. The van der Waals surface area contributed by atoms with Crippen LogP contribution in [-0.4, -0.2) is 57.6 Å². The molecular formula is C17H22FN5O. The quantitative estimate of drug-likeness (QED) is 0.861. The highest BCUT2D eigenvalue weighted by molar-refractivity contribution is 5.47. The van der Waals surface area contributed by atoms with Crippen LogP contribution in [0.4, 0.5) is 4.39 Å². The molecule has 0 spiro atoms. The molecule has 4 rings (SSSR count). The lowest BCUT2D eigenvalue weighted by atomic mass is 10.0. The van der Waals surface area contributed by atoms with Crippen LogP contribution in [0.3, 0.4) is 0 Å². The molecule has 6 nitrogen and oxygen atoms in total. The molecule has 0 bridgehead atoms. The second kappa shape index (κ2) is 6.57. The Morgan fingerprint density at radius 1 is 1.17 bits per heavy atom. The average Bonchev–Trinajstić information content (AvgIpc) is 3.25. The highest BCUT2D eigenvalue weighted by Gasteiger charge is 2.36. The number of hydrogen-bond donors (Lipinski definition) is 0. The SMILES string of the molecule is CN1CCC(N2CCC[C@H]2c2nc(-c3ccc(F)cn3)no2)CC1. The molecule has 7 heteroatoms. The van der Waals surface area contributed by atoms with Crippen LogP contribution in [0.5, 0.6) is 0 Å². The number of aromatic nitrogens is 3. The first-order valence-corrected chi connectivity index (χ1v) is 8.60. The predicted octanol–water partition coefficient (Wildman–Crippen LogP) is 2.50. The van der Waals surface area contributed by atoms with Crippen molar-refractivity contribution in [2.24, 2.45) is 0 Å². The van der Waals surface area contributed by atoms with Gasteiger partial charge >= 0.3 is 0 Å². The maximum atomic E-state index is 13.0. The summed E-state index contributed by atoms with van der Waals surface area (Å²) in [7, 11) is 2.18. The number of halogens is 1. The minimum atomic E-state index is -0.369. The maximum Gasteiger partial charge on any atom is 0.244 e. The largest absolute Gasteiger partial charge is 0.337 e. The minimum Gasteiger partial charge on any atom is -0.337 e. The van der Waals surface area contributed by atoms with Gasteiger partial charge in [-0.3, -0.25) is 4.90 Å². The number of rotatable bonds is 3. The molecule has 0 N–H and O–H groups in total. The molecule has 0 aromatic carbocycles. The lowest BCUT2D eigenvalue weighted by Crippen LogP contribution is -2.43. The molecule has 2 aliphatic rings. The van der Waals surface area contributed by atoms with Gasteiger partial charge in [0, 0.05) is 6.04 Å². The van der Waals surface area contributed by atoms with Gasteiger partial charge in [0.2, 0.25) is 11.7 Å². The summed E-state index contributed by atoms with van der Waals surface area (Å²) in [5, 5.41) is 4.05. The Hall–Kier alpha value is -1.86. The lowest BCUT2D eigenvalue weighted by molar-refractivity contribution is 0.0958. The summed E-state index contributed by atoms with van der Waals surface area (Å²) in [6.07, 6.45) is 5.75. The number of nitrogens with zero attached hydrogens (tertiary/aromatic N) is 5. The van der Waals surface area contributed by atoms with Gasteiger partial charge in [-0.2, -0.15) is 4.98 Å². The number of hydrogen-bond acceptors (Lipinski definition) is 6. The third kappa shape index (κ3) is 3.06. The van der Waals surface area contributed by atoms with Crippen LogP contribution in [-0.2, 0) is 0 Å². The molecule has 0 unspecified atom stereocenters. The van der Waals surface area contributed by atoms with E-state index in [0.717, 1.165) is 32.5 Å². The fourth-order valence-corrected chi connectivity index (χ4v) is 3.80. The molecule has 2 aromatic heterocycles. The van der Waals surface area contributed by atoms with Crippen LogP contribution >= 0.6 is 0 Å². The van der Waals surface area contributed by atoms with Gasteiger partial charge in [-0.1, -0.05) is 5.16 Å². The van der Waals surface area contributed by atoms with E-state index in [1.807, 2.05) is 0 Å². The zero-order chi connectivity index (χ0) is 16.5. The van der Waals surface area contributed by atoms with Gasteiger partial charge in [0.1, 0.15) is 11.5 Å². The number of piperidine rings is 1. The molecule has 4 heterocycles. The van der Waals surface area contributed by atoms with Crippen molar-refractivity contribution in [3.05, 3.63) is 30.0 Å². The molecule has 0 radical (unpaired) electrons. The molecule has 128 valence electrons. The van der Waals surface area contributed by atoms with E-state index < -0.39 is 0 Å². The Labute approximate surface area is 140 Å². The average molecular weight is 331 g/mol. The topological polar surface area (TPSA) is 58.3 Å². The number of pyridine rings is 1. The Morgan fingerprint density at radius 3 is 2.75 bits per heavy atom. The summed E-state index contributed by atoms with van der Waals surface area (Å²) < 4.78 is 18.5. The van der Waals surface area contributed by atoms with Crippen molar-refractivity contribution in [1.29, 1.82) is 0 Å². The van der Waals surface area contributed by atoms with Crippen LogP contribution < -0.4 is 0 Å². The van der Waals surface area contributed by atoms with E-state index in [1.54, 1.807) is 6.07 Å². The van der Waals surface area contributed by atoms with Gasteiger partial charge in [0.25, 0.3) is 0 Å². The second-order valence-electron chi connectivity index (χ2n) is 6.75. The predicted molar refractivity (Wildman–Crippen MR) is 86.7 cm³/mol. The van der Waals surface area contributed by atoms with E-state index in [4.69, 9.17) is 4.52 Å². The Kier molecular flexibility index (Phi) is 4.28. The highest BCUT2D eigenvalue weighted by atomic mass is 19.1. The molecular weight excluding hydrogens is 309 g/mol. The van der Waals surface area contributed by atoms with E-state index >= 15 is 0 Å². The zero-order valence-electron chi connectivity index (χ0n) is 13.9. The summed E-state index contributed by atoms with van der Waals surface area (Å²) in [5.41, 5.74) is 0.537. The summed E-state index contributed by atoms with van der Waals surface area (Å²) in [6, 6.07) is 3.72. The molecule has 0 aliphatic carbocycles. The normalized spacial score (nSPS) is 23.8. The second-order valence-corrected chi connectivity index (χ2v) is 6.75. The van der Waals surface area contributed by atoms with Gasteiger partial charge in [0.15, 0.2) is 0 Å². The van der Waals surface area contributed by atoms with Crippen molar-refractivity contribution in [1.82, 2.24) is 24.9 Å². The monoisotopic (exact) mass is 331 g/mol. The Morgan fingerprint density at radius 2 is 2.00 bits per heavy atom. The first-order valence-electron chi connectivity index (χ1n) is 8.60. The van der Waals surface area contributed by atoms with Gasteiger partial charge in [-0.05, 0) is 64.5 Å². The van der Waals surface area contributed by atoms with Crippen molar-refractivity contribution in [2.75, 3.05) is 26.7 Å². The first kappa shape index (κ1) is 15.7. The Bertz CT molecular complexity index is 681. The van der Waals surface area contributed by atoms with Gasteiger partial charge in [-0.15, -0.1) is 0 Å². The summed E-state index contributed by atoms with van der Waals surface area (Å²) in [4.78, 5) is 13.5. The third-order valence-electron chi connectivity index (χ3n) is 5.13. The van der Waals surface area contributed by atoms with Gasteiger partial charge in [-0.25, -0.2) is 9.37 Å². The maximum absolute atomic E-state index is 13.0. The van der Waals surface area contributed by atoms with Crippen LogP contribution in [0, 0.1) is 5.82 Å². The van der Waals surface area contributed by atoms with E-state index in [2.05, 4.69) is 32.0 Å². The number of likely N-dealkylation sites (tertiary alicyclic amines) is 2. The fraction of sp³-hybridized carbons (Fsp3) is 0.588. The van der Waals surface area contributed by atoms with Gasteiger partial charge in [0.05, 0.1) is 12.2 Å². The summed E-state index contributed by atoms with van der Waals surface area (Å²) in [5.74, 6) is 0.722. The van der Waals surface area contributed by atoms with E-state index in [9.17, 15) is 4.39 Å².